The van der Waals surface area contributed by atoms with Crippen molar-refractivity contribution in [2.45, 2.75) is 32.1 Å². The van der Waals surface area contributed by atoms with Gasteiger partial charge in [0.1, 0.15) is 0 Å². The van der Waals surface area contributed by atoms with Gasteiger partial charge in [0.15, 0.2) is 0 Å². The van der Waals surface area contributed by atoms with Crippen molar-refractivity contribution in [2.24, 2.45) is 0 Å². The molecule has 1 unspecified atom stereocenters. The van der Waals surface area contributed by atoms with Crippen LogP contribution >= 0.6 is 11.6 Å². The van der Waals surface area contributed by atoms with E-state index in [1.165, 1.54) is 40.8 Å². The van der Waals surface area contributed by atoms with E-state index < -0.39 is 0 Å². The Balaban J connectivity index is 1.79. The maximum Gasteiger partial charge on any atom is 0.0760 e. The Morgan fingerprint density at radius 2 is 1.90 bits per heavy atom. The molecule has 110 valence electrons. The summed E-state index contributed by atoms with van der Waals surface area (Å²) in [6, 6.07) is 15.3. The first kappa shape index (κ1) is 14.5. The maximum absolute atomic E-state index is 6.69. The molecule has 0 fully saturated rings. The number of anilines is 1. The number of benzene rings is 2. The number of hydrogen-bond acceptors (Lipinski definition) is 1. The fourth-order valence-electron chi connectivity index (χ4n) is 3.06. The zero-order chi connectivity index (χ0) is 14.8. The lowest BCUT2D eigenvalue weighted by Crippen LogP contribution is -2.32. The van der Waals surface area contributed by atoms with E-state index in [1.54, 1.807) is 0 Å². The second-order valence-electron chi connectivity index (χ2n) is 5.99. The van der Waals surface area contributed by atoms with Crippen molar-refractivity contribution in [2.75, 3.05) is 18.0 Å². The van der Waals surface area contributed by atoms with Crippen LogP contribution in [0.15, 0.2) is 42.5 Å². The standard InChI is InChI=1S/C19H22ClN/c1-14-9-10-17(12-15(14)2)18(20)13-21-11-5-7-16-6-3-4-8-19(16)21/h3-4,6,8-10,12,18H,5,7,11,13H2,1-2H3. The molecule has 0 spiro atoms. The average Bonchev–Trinajstić information content (AvgIpc) is 2.50. The van der Waals surface area contributed by atoms with Crippen molar-refractivity contribution in [3.8, 4) is 0 Å². The lowest BCUT2D eigenvalue weighted by molar-refractivity contribution is 0.680. The number of para-hydroxylation sites is 1. The van der Waals surface area contributed by atoms with Gasteiger partial charge in [0, 0.05) is 18.8 Å². The van der Waals surface area contributed by atoms with Crippen molar-refractivity contribution in [1.29, 1.82) is 0 Å². The van der Waals surface area contributed by atoms with E-state index >= 15 is 0 Å². The molecule has 2 heteroatoms. The smallest absolute Gasteiger partial charge is 0.0760 e. The van der Waals surface area contributed by atoms with Crippen LogP contribution in [0.4, 0.5) is 5.69 Å². The zero-order valence-corrected chi connectivity index (χ0v) is 13.5. The van der Waals surface area contributed by atoms with Crippen molar-refractivity contribution in [1.82, 2.24) is 0 Å². The molecule has 3 rings (SSSR count). The van der Waals surface area contributed by atoms with Crippen LogP contribution in [0, 0.1) is 13.8 Å². The zero-order valence-electron chi connectivity index (χ0n) is 12.8. The summed E-state index contributed by atoms with van der Waals surface area (Å²) < 4.78 is 0. The normalized spacial score (nSPS) is 15.7. The van der Waals surface area contributed by atoms with Gasteiger partial charge in [-0.15, -0.1) is 11.6 Å². The van der Waals surface area contributed by atoms with Gasteiger partial charge in [-0.05, 0) is 55.0 Å². The number of fused-ring (bicyclic) bond motifs is 1. The molecule has 21 heavy (non-hydrogen) atoms. The summed E-state index contributed by atoms with van der Waals surface area (Å²) >= 11 is 6.69. The van der Waals surface area contributed by atoms with Crippen LogP contribution < -0.4 is 4.90 Å². The lowest BCUT2D eigenvalue weighted by atomic mass is 10.00. The van der Waals surface area contributed by atoms with Gasteiger partial charge in [-0.2, -0.15) is 0 Å². The third-order valence-electron chi connectivity index (χ3n) is 4.48. The molecular weight excluding hydrogens is 278 g/mol. The molecule has 0 aliphatic carbocycles. The van der Waals surface area contributed by atoms with Crippen LogP contribution in [-0.2, 0) is 6.42 Å². The Hall–Kier alpha value is -1.47. The molecule has 1 atom stereocenters. The first-order valence-corrected chi connectivity index (χ1v) is 8.13. The number of halogens is 1. The number of aryl methyl sites for hydroxylation is 3. The highest BCUT2D eigenvalue weighted by Gasteiger charge is 2.20. The first-order chi connectivity index (χ1) is 10.1. The SMILES string of the molecule is Cc1ccc(C(Cl)CN2CCCc3ccccc32)cc1C. The second-order valence-corrected chi connectivity index (χ2v) is 6.52. The highest BCUT2D eigenvalue weighted by atomic mass is 35.5. The number of hydrogen-bond donors (Lipinski definition) is 0. The molecule has 0 aromatic heterocycles. The van der Waals surface area contributed by atoms with E-state index in [-0.39, 0.29) is 5.38 Å². The molecule has 1 heterocycles. The maximum atomic E-state index is 6.69. The predicted molar refractivity (Wildman–Crippen MR) is 91.5 cm³/mol. The van der Waals surface area contributed by atoms with Crippen LogP contribution in [0.5, 0.6) is 0 Å². The fourth-order valence-corrected chi connectivity index (χ4v) is 3.36. The molecule has 0 amide bonds. The van der Waals surface area contributed by atoms with Crippen molar-refractivity contribution in [3.63, 3.8) is 0 Å². The summed E-state index contributed by atoms with van der Waals surface area (Å²) in [6.45, 7) is 6.27. The summed E-state index contributed by atoms with van der Waals surface area (Å²) in [6.07, 6.45) is 2.40. The molecule has 1 aliphatic rings. The molecule has 0 bridgehead atoms. The van der Waals surface area contributed by atoms with Crippen LogP contribution in [0.1, 0.15) is 34.1 Å². The third-order valence-corrected chi connectivity index (χ3v) is 4.87. The summed E-state index contributed by atoms with van der Waals surface area (Å²) in [7, 11) is 0. The summed E-state index contributed by atoms with van der Waals surface area (Å²) in [5.74, 6) is 0. The van der Waals surface area contributed by atoms with Crippen LogP contribution in [0.3, 0.4) is 0 Å². The van der Waals surface area contributed by atoms with Gasteiger partial charge in [-0.3, -0.25) is 0 Å². The van der Waals surface area contributed by atoms with Gasteiger partial charge >= 0.3 is 0 Å². The van der Waals surface area contributed by atoms with E-state index in [4.69, 9.17) is 11.6 Å². The van der Waals surface area contributed by atoms with Gasteiger partial charge in [0.25, 0.3) is 0 Å². The van der Waals surface area contributed by atoms with Crippen molar-refractivity contribution < 1.29 is 0 Å². The Morgan fingerprint density at radius 1 is 1.10 bits per heavy atom. The van der Waals surface area contributed by atoms with Crippen molar-refractivity contribution in [3.05, 3.63) is 64.7 Å². The van der Waals surface area contributed by atoms with E-state index in [0.717, 1.165) is 13.1 Å². The lowest BCUT2D eigenvalue weighted by Gasteiger charge is -2.33. The van der Waals surface area contributed by atoms with Crippen LogP contribution in [-0.4, -0.2) is 13.1 Å². The quantitative estimate of drug-likeness (QED) is 0.718. The van der Waals surface area contributed by atoms with Gasteiger partial charge < -0.3 is 4.90 Å². The Kier molecular flexibility index (Phi) is 4.21. The van der Waals surface area contributed by atoms with Gasteiger partial charge in [-0.25, -0.2) is 0 Å². The molecule has 1 nitrogen and oxygen atoms in total. The molecule has 2 aromatic rings. The summed E-state index contributed by atoms with van der Waals surface area (Å²) in [5.41, 5.74) is 6.68. The van der Waals surface area contributed by atoms with Gasteiger partial charge in [-0.1, -0.05) is 36.4 Å². The Bertz CT molecular complexity index is 635. The second kappa shape index (κ2) is 6.11. The van der Waals surface area contributed by atoms with Crippen LogP contribution in [0.25, 0.3) is 0 Å². The van der Waals surface area contributed by atoms with E-state index in [1.807, 2.05) is 0 Å². The van der Waals surface area contributed by atoms with E-state index in [0.29, 0.717) is 0 Å². The highest BCUT2D eigenvalue weighted by Crippen LogP contribution is 2.31. The summed E-state index contributed by atoms with van der Waals surface area (Å²) in [5, 5.41) is 0.0375. The Labute approximate surface area is 132 Å². The molecule has 0 saturated heterocycles. The van der Waals surface area contributed by atoms with E-state index in [2.05, 4.69) is 61.2 Å². The topological polar surface area (TPSA) is 3.24 Å². The average molecular weight is 300 g/mol. The van der Waals surface area contributed by atoms with Gasteiger partial charge in [0.05, 0.1) is 5.38 Å². The fraction of sp³-hybridized carbons (Fsp3) is 0.368. The predicted octanol–water partition coefficient (Wildman–Crippen LogP) is 5.04. The molecule has 0 N–H and O–H groups in total. The largest absolute Gasteiger partial charge is 0.369 e. The minimum absolute atomic E-state index is 0.0375. The van der Waals surface area contributed by atoms with E-state index in [9.17, 15) is 0 Å². The van der Waals surface area contributed by atoms with Crippen LogP contribution in [0.2, 0.25) is 0 Å². The minimum Gasteiger partial charge on any atom is -0.369 e. The summed E-state index contributed by atoms with van der Waals surface area (Å²) in [4.78, 5) is 2.44. The molecular formula is C19H22ClN. The molecule has 1 aliphatic heterocycles. The first-order valence-electron chi connectivity index (χ1n) is 7.69. The highest BCUT2D eigenvalue weighted by molar-refractivity contribution is 6.21. The number of rotatable bonds is 3. The minimum atomic E-state index is 0.0375. The molecule has 0 saturated carbocycles. The number of alkyl halides is 1. The third kappa shape index (κ3) is 3.08. The number of nitrogens with zero attached hydrogens (tertiary/aromatic N) is 1. The molecule has 2 aromatic carbocycles. The Morgan fingerprint density at radius 3 is 2.71 bits per heavy atom. The monoisotopic (exact) mass is 299 g/mol. The van der Waals surface area contributed by atoms with Gasteiger partial charge in [0.2, 0.25) is 0 Å². The van der Waals surface area contributed by atoms with Crippen molar-refractivity contribution >= 4 is 17.3 Å². The molecule has 0 radical (unpaired) electrons.